The molecule has 0 unspecified atom stereocenters. The first kappa shape index (κ1) is 25.9. The Kier molecular flexibility index (Phi) is 9.34. The van der Waals surface area contributed by atoms with Crippen molar-refractivity contribution < 1.29 is 14.4 Å². The van der Waals surface area contributed by atoms with Gasteiger partial charge in [0.1, 0.15) is 0 Å². The van der Waals surface area contributed by atoms with Crippen molar-refractivity contribution in [1.82, 2.24) is 16.0 Å². The van der Waals surface area contributed by atoms with Gasteiger partial charge in [-0.25, -0.2) is 4.79 Å². The number of hydrogen-bond acceptors (Lipinski definition) is 5. The number of rotatable bonds is 10. The summed E-state index contributed by atoms with van der Waals surface area (Å²) in [6.07, 6.45) is 1.47. The van der Waals surface area contributed by atoms with E-state index in [-0.39, 0.29) is 11.9 Å². The van der Waals surface area contributed by atoms with E-state index in [1.54, 1.807) is 18.2 Å². The number of carbonyl (C=O) groups excluding carboxylic acids is 3. The van der Waals surface area contributed by atoms with Gasteiger partial charge in [0.2, 0.25) is 0 Å². The van der Waals surface area contributed by atoms with Gasteiger partial charge in [0.05, 0.1) is 5.56 Å². The lowest BCUT2D eigenvalue weighted by Crippen LogP contribution is -2.47. The summed E-state index contributed by atoms with van der Waals surface area (Å²) in [5.74, 6) is -0.836. The highest BCUT2D eigenvalue weighted by Crippen LogP contribution is 2.26. The Labute approximate surface area is 207 Å². The molecule has 0 spiro atoms. The quantitative estimate of drug-likeness (QED) is 0.389. The number of para-hydroxylation sites is 1. The Hall–Kier alpha value is -3.75. The van der Waals surface area contributed by atoms with Crippen molar-refractivity contribution in [1.29, 1.82) is 0 Å². The second kappa shape index (κ2) is 12.6. The summed E-state index contributed by atoms with van der Waals surface area (Å²) in [5, 5.41) is 8.30. The lowest BCUT2D eigenvalue weighted by Gasteiger charge is -2.38. The number of nitrogens with two attached hydrogens (primary N) is 1. The molecule has 1 aliphatic rings. The SMILES string of the molecule is CCCNC(=O)NCCCNC(=O)c1ccc(N2CCN(c3ccccc3C)CC2)c(C(N)=O)c1. The highest BCUT2D eigenvalue weighted by atomic mass is 16.2. The molecule has 0 aromatic heterocycles. The van der Waals surface area contributed by atoms with Crippen LogP contribution in [-0.2, 0) is 0 Å². The molecule has 0 radical (unpaired) electrons. The molecule has 1 saturated heterocycles. The first-order chi connectivity index (χ1) is 16.9. The molecule has 1 heterocycles. The Morgan fingerprint density at radius 3 is 2.14 bits per heavy atom. The van der Waals surface area contributed by atoms with Crippen LogP contribution in [0.2, 0.25) is 0 Å². The number of primary amides is 1. The van der Waals surface area contributed by atoms with E-state index in [1.807, 2.05) is 19.1 Å². The van der Waals surface area contributed by atoms with Crippen LogP contribution < -0.4 is 31.5 Å². The minimum Gasteiger partial charge on any atom is -0.368 e. The zero-order valence-corrected chi connectivity index (χ0v) is 20.6. The minimum atomic E-state index is -0.557. The maximum atomic E-state index is 12.6. The van der Waals surface area contributed by atoms with E-state index < -0.39 is 5.91 Å². The first-order valence-corrected chi connectivity index (χ1v) is 12.2. The molecule has 2 aromatic carbocycles. The van der Waals surface area contributed by atoms with Gasteiger partial charge in [-0.2, -0.15) is 0 Å². The Bertz CT molecular complexity index is 1030. The van der Waals surface area contributed by atoms with Gasteiger partial charge in [-0.15, -0.1) is 0 Å². The third-order valence-corrected chi connectivity index (χ3v) is 6.06. The van der Waals surface area contributed by atoms with Crippen LogP contribution in [0.15, 0.2) is 42.5 Å². The molecule has 5 N–H and O–H groups in total. The summed E-state index contributed by atoms with van der Waals surface area (Å²) in [4.78, 5) is 40.8. The van der Waals surface area contributed by atoms with Crippen LogP contribution in [0.4, 0.5) is 16.2 Å². The van der Waals surface area contributed by atoms with Crippen molar-refractivity contribution in [2.75, 3.05) is 55.6 Å². The number of amides is 4. The highest BCUT2D eigenvalue weighted by Gasteiger charge is 2.22. The van der Waals surface area contributed by atoms with E-state index in [4.69, 9.17) is 5.73 Å². The van der Waals surface area contributed by atoms with Gasteiger partial charge in [0, 0.05) is 62.8 Å². The fourth-order valence-corrected chi connectivity index (χ4v) is 4.15. The molecular formula is C26H36N6O3. The summed E-state index contributed by atoms with van der Waals surface area (Å²) in [5.41, 5.74) is 9.62. The van der Waals surface area contributed by atoms with Crippen molar-refractivity contribution in [3.05, 3.63) is 59.2 Å². The zero-order chi connectivity index (χ0) is 25.2. The lowest BCUT2D eigenvalue weighted by atomic mass is 10.1. The van der Waals surface area contributed by atoms with Gasteiger partial charge in [-0.05, 0) is 49.6 Å². The van der Waals surface area contributed by atoms with Crippen molar-refractivity contribution in [2.24, 2.45) is 5.73 Å². The molecule has 9 heteroatoms. The molecule has 1 aliphatic heterocycles. The minimum absolute atomic E-state index is 0.209. The standard InChI is InChI=1S/C26H36N6O3/c1-3-11-29-26(35)30-13-6-12-28-25(34)20-9-10-23(21(18-20)24(27)33)32-16-14-31(15-17-32)22-8-5-4-7-19(22)2/h4-5,7-10,18H,3,6,11-17H2,1-2H3,(H2,27,33)(H,28,34)(H2,29,30,35). The van der Waals surface area contributed by atoms with E-state index >= 15 is 0 Å². The number of piperazine rings is 1. The number of nitrogens with one attached hydrogen (secondary N) is 3. The topological polar surface area (TPSA) is 120 Å². The Morgan fingerprint density at radius 2 is 1.49 bits per heavy atom. The number of benzene rings is 2. The molecule has 9 nitrogen and oxygen atoms in total. The predicted molar refractivity (Wildman–Crippen MR) is 139 cm³/mol. The average molecular weight is 481 g/mol. The largest absolute Gasteiger partial charge is 0.368 e. The fraction of sp³-hybridized carbons (Fsp3) is 0.423. The molecule has 35 heavy (non-hydrogen) atoms. The normalized spacial score (nSPS) is 13.3. The number of urea groups is 1. The van der Waals surface area contributed by atoms with Crippen molar-refractivity contribution in [2.45, 2.75) is 26.7 Å². The highest BCUT2D eigenvalue weighted by molar-refractivity contribution is 6.03. The summed E-state index contributed by atoms with van der Waals surface area (Å²) >= 11 is 0. The van der Waals surface area contributed by atoms with E-state index in [1.165, 1.54) is 11.3 Å². The average Bonchev–Trinajstić information content (AvgIpc) is 2.87. The molecule has 4 amide bonds. The van der Waals surface area contributed by atoms with Crippen LogP contribution >= 0.6 is 0 Å². The number of aryl methyl sites for hydroxylation is 1. The van der Waals surface area contributed by atoms with Crippen LogP contribution in [0.1, 0.15) is 46.0 Å². The second-order valence-electron chi connectivity index (χ2n) is 8.65. The molecule has 2 aromatic rings. The van der Waals surface area contributed by atoms with Crippen LogP contribution in [-0.4, -0.2) is 63.7 Å². The van der Waals surface area contributed by atoms with Gasteiger partial charge in [-0.3, -0.25) is 9.59 Å². The summed E-state index contributed by atoms with van der Waals surface area (Å²) < 4.78 is 0. The Morgan fingerprint density at radius 1 is 0.857 bits per heavy atom. The molecule has 3 rings (SSSR count). The van der Waals surface area contributed by atoms with E-state index in [0.717, 1.165) is 38.3 Å². The number of nitrogens with zero attached hydrogens (tertiary/aromatic N) is 2. The Balaban J connectivity index is 1.55. The van der Waals surface area contributed by atoms with E-state index in [9.17, 15) is 14.4 Å². The molecule has 0 saturated carbocycles. The van der Waals surface area contributed by atoms with Crippen molar-refractivity contribution >= 4 is 29.2 Å². The second-order valence-corrected chi connectivity index (χ2v) is 8.65. The first-order valence-electron chi connectivity index (χ1n) is 12.2. The molecule has 0 atom stereocenters. The molecule has 0 bridgehead atoms. The number of carbonyl (C=O) groups is 3. The van der Waals surface area contributed by atoms with E-state index in [2.05, 4.69) is 44.8 Å². The van der Waals surface area contributed by atoms with Crippen LogP contribution in [0.5, 0.6) is 0 Å². The van der Waals surface area contributed by atoms with Gasteiger partial charge < -0.3 is 31.5 Å². The van der Waals surface area contributed by atoms with Gasteiger partial charge in [-0.1, -0.05) is 25.1 Å². The number of anilines is 2. The fourth-order valence-electron chi connectivity index (χ4n) is 4.15. The summed E-state index contributed by atoms with van der Waals surface area (Å²) in [6.45, 7) is 8.74. The van der Waals surface area contributed by atoms with Crippen molar-refractivity contribution in [3.63, 3.8) is 0 Å². The maximum absolute atomic E-state index is 12.6. The lowest BCUT2D eigenvalue weighted by molar-refractivity contribution is 0.0953. The zero-order valence-electron chi connectivity index (χ0n) is 20.6. The monoisotopic (exact) mass is 480 g/mol. The summed E-state index contributed by atoms with van der Waals surface area (Å²) in [6, 6.07) is 13.2. The van der Waals surface area contributed by atoms with Crippen LogP contribution in [0.3, 0.4) is 0 Å². The third-order valence-electron chi connectivity index (χ3n) is 6.06. The molecule has 188 valence electrons. The maximum Gasteiger partial charge on any atom is 0.314 e. The van der Waals surface area contributed by atoms with Crippen molar-refractivity contribution in [3.8, 4) is 0 Å². The van der Waals surface area contributed by atoms with Gasteiger partial charge in [0.25, 0.3) is 11.8 Å². The number of hydrogen-bond donors (Lipinski definition) is 4. The van der Waals surface area contributed by atoms with Gasteiger partial charge >= 0.3 is 6.03 Å². The smallest absolute Gasteiger partial charge is 0.314 e. The van der Waals surface area contributed by atoms with Gasteiger partial charge in [0.15, 0.2) is 0 Å². The molecule has 1 fully saturated rings. The summed E-state index contributed by atoms with van der Waals surface area (Å²) in [7, 11) is 0. The van der Waals surface area contributed by atoms with E-state index in [0.29, 0.717) is 37.2 Å². The van der Waals surface area contributed by atoms with Crippen LogP contribution in [0, 0.1) is 6.92 Å². The third kappa shape index (κ3) is 7.11. The molecular weight excluding hydrogens is 444 g/mol. The van der Waals surface area contributed by atoms with Crippen LogP contribution in [0.25, 0.3) is 0 Å². The predicted octanol–water partition coefficient (Wildman–Crippen LogP) is 2.25. The molecule has 0 aliphatic carbocycles.